The number of benzene rings is 2. The number of hydrogen-bond donors (Lipinski definition) is 3. The number of anilines is 4. The van der Waals surface area contributed by atoms with Gasteiger partial charge < -0.3 is 29.7 Å². The van der Waals surface area contributed by atoms with Crippen molar-refractivity contribution in [3.8, 4) is 22.8 Å². The Bertz CT molecular complexity index is 1680. The van der Waals surface area contributed by atoms with Gasteiger partial charge in [0, 0.05) is 49.5 Å². The van der Waals surface area contributed by atoms with Crippen molar-refractivity contribution < 1.29 is 9.53 Å². The van der Waals surface area contributed by atoms with Crippen molar-refractivity contribution in [1.82, 2.24) is 34.8 Å². The quantitative estimate of drug-likeness (QED) is 0.208. The minimum atomic E-state index is -0.316. The predicted octanol–water partition coefficient (Wildman–Crippen LogP) is 4.08. The van der Waals surface area contributed by atoms with Crippen molar-refractivity contribution >= 4 is 39.8 Å². The first-order valence-corrected chi connectivity index (χ1v) is 13.0. The van der Waals surface area contributed by atoms with Crippen molar-refractivity contribution in [3.63, 3.8) is 0 Å². The molecule has 12 heteroatoms. The number of aromatic amines is 1. The number of ether oxygens (including phenoxy) is 1. The summed E-state index contributed by atoms with van der Waals surface area (Å²) in [5.41, 5.74) is 4.63. The fourth-order valence-corrected chi connectivity index (χ4v) is 4.47. The van der Waals surface area contributed by atoms with Crippen LogP contribution in [0, 0.1) is 0 Å². The van der Waals surface area contributed by atoms with Gasteiger partial charge in [-0.2, -0.15) is 20.4 Å². The number of carbonyl (C=O) groups excluding carboxylic acids is 1. The number of rotatable bonds is 11. The molecule has 0 spiro atoms. The van der Waals surface area contributed by atoms with Crippen molar-refractivity contribution in [2.45, 2.75) is 0 Å². The van der Waals surface area contributed by atoms with Crippen LogP contribution in [-0.4, -0.2) is 82.1 Å². The summed E-state index contributed by atoms with van der Waals surface area (Å²) < 4.78 is 7.72. The standard InChI is InChI=1S/C29H32N10O2/c1-6-28(40)32-21-15-22(26(41-5)16-25(21)38(4)14-13-37(2)3)33-29-30-12-11-27(34-29)39-18-20(23-17-31-36-35-23)19-9-7-8-10-24(19)39/h6-12,15-18H,1,13-14H2,2-5H3,(H,32,40)(H,30,33,34)(H,31,35,36). The molecule has 0 unspecified atom stereocenters. The molecule has 0 fully saturated rings. The summed E-state index contributed by atoms with van der Waals surface area (Å²) in [4.78, 5) is 25.7. The summed E-state index contributed by atoms with van der Waals surface area (Å²) in [6, 6.07) is 13.6. The Morgan fingerprint density at radius 3 is 2.71 bits per heavy atom. The van der Waals surface area contributed by atoms with E-state index in [4.69, 9.17) is 9.72 Å². The van der Waals surface area contributed by atoms with Gasteiger partial charge in [-0.05, 0) is 38.4 Å². The average molecular weight is 553 g/mol. The van der Waals surface area contributed by atoms with E-state index >= 15 is 0 Å². The first-order valence-electron chi connectivity index (χ1n) is 13.0. The molecule has 5 aromatic rings. The third-order valence-electron chi connectivity index (χ3n) is 6.59. The van der Waals surface area contributed by atoms with Crippen LogP contribution in [0.15, 0.2) is 73.7 Å². The van der Waals surface area contributed by atoms with E-state index < -0.39 is 0 Å². The molecular weight excluding hydrogens is 520 g/mol. The molecule has 0 aliphatic rings. The van der Waals surface area contributed by atoms with Gasteiger partial charge in [0.05, 0.1) is 35.9 Å². The number of para-hydroxylation sites is 1. The number of H-pyrrole nitrogens is 1. The van der Waals surface area contributed by atoms with E-state index in [2.05, 4.69) is 47.4 Å². The second-order valence-corrected chi connectivity index (χ2v) is 9.64. The van der Waals surface area contributed by atoms with Crippen LogP contribution in [0.3, 0.4) is 0 Å². The van der Waals surface area contributed by atoms with E-state index in [1.54, 1.807) is 19.5 Å². The molecule has 3 aromatic heterocycles. The van der Waals surface area contributed by atoms with Crippen LogP contribution in [0.1, 0.15) is 0 Å². The largest absolute Gasteiger partial charge is 0.494 e. The zero-order valence-electron chi connectivity index (χ0n) is 23.4. The molecule has 2 aromatic carbocycles. The van der Waals surface area contributed by atoms with Gasteiger partial charge in [0.1, 0.15) is 17.3 Å². The van der Waals surface area contributed by atoms with Crippen LogP contribution in [0.2, 0.25) is 0 Å². The van der Waals surface area contributed by atoms with Gasteiger partial charge in [0.25, 0.3) is 0 Å². The van der Waals surface area contributed by atoms with Crippen LogP contribution in [0.25, 0.3) is 28.0 Å². The molecule has 12 nitrogen and oxygen atoms in total. The molecule has 0 saturated heterocycles. The molecule has 41 heavy (non-hydrogen) atoms. The van der Waals surface area contributed by atoms with Crippen LogP contribution in [-0.2, 0) is 4.79 Å². The molecule has 5 rings (SSSR count). The lowest BCUT2D eigenvalue weighted by molar-refractivity contribution is -0.111. The minimum Gasteiger partial charge on any atom is -0.494 e. The summed E-state index contributed by atoms with van der Waals surface area (Å²) in [6.07, 6.45) is 6.60. The lowest BCUT2D eigenvalue weighted by Crippen LogP contribution is -2.29. The maximum absolute atomic E-state index is 12.3. The molecule has 0 bridgehead atoms. The number of hydrogen-bond acceptors (Lipinski definition) is 9. The lowest BCUT2D eigenvalue weighted by Gasteiger charge is -2.26. The Labute approximate surface area is 237 Å². The smallest absolute Gasteiger partial charge is 0.247 e. The second kappa shape index (κ2) is 11.9. The minimum absolute atomic E-state index is 0.316. The molecule has 0 atom stereocenters. The molecule has 0 radical (unpaired) electrons. The highest BCUT2D eigenvalue weighted by molar-refractivity contribution is 6.02. The Hall–Kier alpha value is -5.23. The monoisotopic (exact) mass is 552 g/mol. The highest BCUT2D eigenvalue weighted by Crippen LogP contribution is 2.38. The van der Waals surface area contributed by atoms with Crippen LogP contribution < -0.4 is 20.3 Å². The van der Waals surface area contributed by atoms with E-state index in [9.17, 15) is 4.79 Å². The van der Waals surface area contributed by atoms with E-state index in [1.165, 1.54) is 6.08 Å². The SMILES string of the molecule is C=CC(=O)Nc1cc(Nc2nccc(-n3cc(-c4cn[nH]n4)c4ccccc43)n2)c(OC)cc1N(C)CCN(C)C. The molecular formula is C29H32N10O2. The molecule has 1 amide bonds. The second-order valence-electron chi connectivity index (χ2n) is 9.64. The van der Waals surface area contributed by atoms with Gasteiger partial charge in [-0.15, -0.1) is 0 Å². The van der Waals surface area contributed by atoms with Crippen molar-refractivity contribution in [1.29, 1.82) is 0 Å². The van der Waals surface area contributed by atoms with E-state index in [-0.39, 0.29) is 5.91 Å². The zero-order valence-corrected chi connectivity index (χ0v) is 23.4. The summed E-state index contributed by atoms with van der Waals surface area (Å²) in [5, 5.41) is 18.1. The van der Waals surface area contributed by atoms with Gasteiger partial charge in [0.15, 0.2) is 0 Å². The third kappa shape index (κ3) is 5.87. The van der Waals surface area contributed by atoms with E-state index in [1.807, 2.05) is 74.4 Å². The van der Waals surface area contributed by atoms with Gasteiger partial charge in [-0.3, -0.25) is 4.79 Å². The predicted molar refractivity (Wildman–Crippen MR) is 161 cm³/mol. The summed E-state index contributed by atoms with van der Waals surface area (Å²) in [6.45, 7) is 5.16. The molecule has 3 N–H and O–H groups in total. The first kappa shape index (κ1) is 27.3. The normalized spacial score (nSPS) is 11.0. The number of methoxy groups -OCH3 is 1. The Morgan fingerprint density at radius 2 is 1.98 bits per heavy atom. The zero-order chi connectivity index (χ0) is 28.9. The maximum Gasteiger partial charge on any atom is 0.247 e. The Balaban J connectivity index is 1.52. The number of aromatic nitrogens is 6. The van der Waals surface area contributed by atoms with E-state index in [0.29, 0.717) is 28.9 Å². The van der Waals surface area contributed by atoms with Gasteiger partial charge in [0.2, 0.25) is 11.9 Å². The van der Waals surface area contributed by atoms with Crippen molar-refractivity contribution in [2.75, 3.05) is 56.9 Å². The number of nitrogens with zero attached hydrogens (tertiary/aromatic N) is 7. The number of fused-ring (bicyclic) bond motifs is 1. The molecule has 0 aliphatic heterocycles. The number of amides is 1. The van der Waals surface area contributed by atoms with E-state index in [0.717, 1.165) is 40.9 Å². The fraction of sp³-hybridized carbons (Fsp3) is 0.207. The van der Waals surface area contributed by atoms with Gasteiger partial charge in [-0.1, -0.05) is 24.8 Å². The number of likely N-dealkylation sites (N-methyl/N-ethyl adjacent to an activating group) is 2. The molecule has 3 heterocycles. The first-order chi connectivity index (χ1) is 19.9. The fourth-order valence-electron chi connectivity index (χ4n) is 4.47. The summed E-state index contributed by atoms with van der Waals surface area (Å²) in [7, 11) is 7.60. The van der Waals surface area contributed by atoms with Gasteiger partial charge in [-0.25, -0.2) is 4.98 Å². The lowest BCUT2D eigenvalue weighted by atomic mass is 10.1. The summed E-state index contributed by atoms with van der Waals surface area (Å²) in [5.74, 6) is 1.27. The van der Waals surface area contributed by atoms with Crippen molar-refractivity contribution in [3.05, 3.63) is 73.7 Å². The number of carbonyl (C=O) groups is 1. The highest BCUT2D eigenvalue weighted by atomic mass is 16.5. The Morgan fingerprint density at radius 1 is 1.15 bits per heavy atom. The van der Waals surface area contributed by atoms with Crippen LogP contribution in [0.5, 0.6) is 5.75 Å². The highest BCUT2D eigenvalue weighted by Gasteiger charge is 2.18. The van der Waals surface area contributed by atoms with Crippen LogP contribution in [0.4, 0.5) is 23.0 Å². The molecule has 0 aliphatic carbocycles. The maximum atomic E-state index is 12.3. The van der Waals surface area contributed by atoms with Crippen LogP contribution >= 0.6 is 0 Å². The van der Waals surface area contributed by atoms with Gasteiger partial charge >= 0.3 is 0 Å². The van der Waals surface area contributed by atoms with Crippen molar-refractivity contribution in [2.24, 2.45) is 0 Å². The topological polar surface area (TPSA) is 129 Å². The summed E-state index contributed by atoms with van der Waals surface area (Å²) >= 11 is 0. The average Bonchev–Trinajstić information content (AvgIpc) is 3.64. The molecule has 210 valence electrons. The molecule has 0 saturated carbocycles. The third-order valence-corrected chi connectivity index (χ3v) is 6.59. The Kier molecular flexibility index (Phi) is 7.92. The number of nitrogens with one attached hydrogen (secondary N) is 3.